The van der Waals surface area contributed by atoms with Crippen molar-refractivity contribution in [3.05, 3.63) is 53.6 Å². The van der Waals surface area contributed by atoms with Crippen molar-refractivity contribution in [2.45, 2.75) is 25.8 Å². The van der Waals surface area contributed by atoms with Crippen LogP contribution >= 0.6 is 0 Å². The van der Waals surface area contributed by atoms with Gasteiger partial charge in [0.1, 0.15) is 5.69 Å². The molecule has 0 spiro atoms. The Bertz CT molecular complexity index is 1050. The van der Waals surface area contributed by atoms with Gasteiger partial charge in [-0.2, -0.15) is 5.10 Å². The van der Waals surface area contributed by atoms with Crippen LogP contribution in [0.1, 0.15) is 28.8 Å². The zero-order valence-electron chi connectivity index (χ0n) is 16.5. The van der Waals surface area contributed by atoms with Gasteiger partial charge in [0.2, 0.25) is 0 Å². The van der Waals surface area contributed by atoms with Gasteiger partial charge >= 0.3 is 0 Å². The molecular formula is C23H26N4O. The van der Waals surface area contributed by atoms with Crippen molar-refractivity contribution >= 4 is 16.8 Å². The molecule has 2 aromatic carbocycles. The van der Waals surface area contributed by atoms with Gasteiger partial charge in [-0.1, -0.05) is 24.3 Å². The number of hydrogen-bond acceptors (Lipinski definition) is 3. The fourth-order valence-corrected chi connectivity index (χ4v) is 4.87. The Balaban J connectivity index is 1.45. The number of aryl methyl sites for hydroxylation is 2. The van der Waals surface area contributed by atoms with Crippen LogP contribution < -0.4 is 5.32 Å². The van der Waals surface area contributed by atoms with Crippen molar-refractivity contribution in [1.82, 2.24) is 20.0 Å². The molecule has 28 heavy (non-hydrogen) atoms. The summed E-state index contributed by atoms with van der Waals surface area (Å²) in [6.45, 7) is 5.45. The second-order valence-electron chi connectivity index (χ2n) is 8.24. The standard InChI is InChI=1S/C23H26N4O/c1-15-5-3-8-20-21(15)22(25-26(20)2)17-6-4-7-18(13-17)23(28)24-19-14-27-11-9-16(19)10-12-27/h3-8,13,16,19H,9-12,14H2,1-2H3,(H,24,28)/t19-/m0/s1. The lowest BCUT2D eigenvalue weighted by Gasteiger charge is -2.44. The number of nitrogens with zero attached hydrogens (tertiary/aromatic N) is 3. The first-order valence-corrected chi connectivity index (χ1v) is 10.2. The van der Waals surface area contributed by atoms with Gasteiger partial charge in [-0.15, -0.1) is 0 Å². The van der Waals surface area contributed by atoms with Gasteiger partial charge in [-0.3, -0.25) is 9.48 Å². The average Bonchev–Trinajstić information content (AvgIpc) is 3.07. The van der Waals surface area contributed by atoms with Gasteiger partial charge in [0.05, 0.1) is 5.52 Å². The number of aromatic nitrogens is 2. The summed E-state index contributed by atoms with van der Waals surface area (Å²) >= 11 is 0. The number of piperidine rings is 3. The molecule has 6 rings (SSSR count). The third-order valence-electron chi connectivity index (χ3n) is 6.46. The van der Waals surface area contributed by atoms with E-state index in [0.29, 0.717) is 11.5 Å². The molecule has 0 radical (unpaired) electrons. The highest BCUT2D eigenvalue weighted by Crippen LogP contribution is 2.31. The number of carbonyl (C=O) groups is 1. The van der Waals surface area contributed by atoms with Crippen LogP contribution in [0, 0.1) is 12.8 Å². The Morgan fingerprint density at radius 1 is 1.14 bits per heavy atom. The molecule has 1 N–H and O–H groups in total. The van der Waals surface area contributed by atoms with E-state index in [0.717, 1.165) is 28.7 Å². The number of benzene rings is 2. The summed E-state index contributed by atoms with van der Waals surface area (Å²) in [7, 11) is 1.97. The lowest BCUT2D eigenvalue weighted by atomic mass is 9.84. The van der Waals surface area contributed by atoms with Crippen LogP contribution in [0.3, 0.4) is 0 Å². The molecule has 3 saturated heterocycles. The van der Waals surface area contributed by atoms with E-state index in [1.165, 1.54) is 31.5 Å². The Hall–Kier alpha value is -2.66. The molecule has 3 aliphatic rings. The van der Waals surface area contributed by atoms with Crippen molar-refractivity contribution in [3.8, 4) is 11.3 Å². The summed E-state index contributed by atoms with van der Waals surface area (Å²) in [6.07, 6.45) is 2.40. The number of amides is 1. The van der Waals surface area contributed by atoms with Crippen LogP contribution in [-0.4, -0.2) is 46.3 Å². The van der Waals surface area contributed by atoms with Crippen LogP contribution in [0.2, 0.25) is 0 Å². The fraction of sp³-hybridized carbons (Fsp3) is 0.391. The summed E-state index contributed by atoms with van der Waals surface area (Å²) in [5.74, 6) is 0.650. The number of hydrogen-bond donors (Lipinski definition) is 1. The van der Waals surface area contributed by atoms with Crippen molar-refractivity contribution in [1.29, 1.82) is 0 Å². The maximum absolute atomic E-state index is 13.0. The highest BCUT2D eigenvalue weighted by atomic mass is 16.1. The van der Waals surface area contributed by atoms with Crippen LogP contribution in [0.4, 0.5) is 0 Å². The van der Waals surface area contributed by atoms with Crippen molar-refractivity contribution in [3.63, 3.8) is 0 Å². The maximum atomic E-state index is 13.0. The topological polar surface area (TPSA) is 50.2 Å². The second kappa shape index (κ2) is 6.74. The Morgan fingerprint density at radius 2 is 1.93 bits per heavy atom. The predicted octanol–water partition coefficient (Wildman–Crippen LogP) is 3.37. The van der Waals surface area contributed by atoms with E-state index in [1.807, 2.05) is 36.0 Å². The maximum Gasteiger partial charge on any atom is 0.251 e. The molecule has 4 heterocycles. The third-order valence-corrected chi connectivity index (χ3v) is 6.46. The first-order chi connectivity index (χ1) is 13.6. The van der Waals surface area contributed by atoms with E-state index in [1.54, 1.807) is 0 Å². The molecule has 0 saturated carbocycles. The lowest BCUT2D eigenvalue weighted by molar-refractivity contribution is 0.0620. The Labute approximate surface area is 165 Å². The molecule has 3 aliphatic heterocycles. The zero-order valence-corrected chi connectivity index (χ0v) is 16.5. The normalized spacial score (nSPS) is 23.9. The van der Waals surface area contributed by atoms with Crippen LogP contribution in [0.5, 0.6) is 0 Å². The molecule has 1 aromatic heterocycles. The van der Waals surface area contributed by atoms with Crippen LogP contribution in [0.25, 0.3) is 22.2 Å². The van der Waals surface area contributed by atoms with Gasteiger partial charge in [0.15, 0.2) is 0 Å². The largest absolute Gasteiger partial charge is 0.348 e. The van der Waals surface area contributed by atoms with E-state index in [4.69, 9.17) is 5.10 Å². The van der Waals surface area contributed by atoms with E-state index in [9.17, 15) is 4.79 Å². The number of fused-ring (bicyclic) bond motifs is 4. The predicted molar refractivity (Wildman–Crippen MR) is 111 cm³/mol. The summed E-state index contributed by atoms with van der Waals surface area (Å²) in [5.41, 5.74) is 4.94. The van der Waals surface area contributed by atoms with Gasteiger partial charge < -0.3 is 10.2 Å². The molecule has 0 unspecified atom stereocenters. The minimum absolute atomic E-state index is 0.0255. The first-order valence-electron chi connectivity index (χ1n) is 10.2. The molecular weight excluding hydrogens is 348 g/mol. The minimum atomic E-state index is 0.0255. The summed E-state index contributed by atoms with van der Waals surface area (Å²) in [6, 6.07) is 14.4. The highest BCUT2D eigenvalue weighted by molar-refractivity contribution is 5.99. The molecule has 0 aliphatic carbocycles. The van der Waals surface area contributed by atoms with Gasteiger partial charge in [0, 0.05) is 36.1 Å². The molecule has 3 fully saturated rings. The molecule has 5 heteroatoms. The van der Waals surface area contributed by atoms with Crippen LogP contribution in [-0.2, 0) is 7.05 Å². The first kappa shape index (κ1) is 17.4. The van der Waals surface area contributed by atoms with Gasteiger partial charge in [-0.05, 0) is 62.5 Å². The average molecular weight is 374 g/mol. The Morgan fingerprint density at radius 3 is 2.68 bits per heavy atom. The fourth-order valence-electron chi connectivity index (χ4n) is 4.87. The van der Waals surface area contributed by atoms with Crippen molar-refractivity contribution < 1.29 is 4.79 Å². The second-order valence-corrected chi connectivity index (χ2v) is 8.24. The number of rotatable bonds is 3. The number of nitrogens with one attached hydrogen (secondary N) is 1. The van der Waals surface area contributed by atoms with Crippen molar-refractivity contribution in [2.24, 2.45) is 13.0 Å². The van der Waals surface area contributed by atoms with Crippen LogP contribution in [0.15, 0.2) is 42.5 Å². The number of carbonyl (C=O) groups excluding carboxylic acids is 1. The van der Waals surface area contributed by atoms with E-state index in [2.05, 4.69) is 35.3 Å². The zero-order chi connectivity index (χ0) is 19.3. The van der Waals surface area contributed by atoms with E-state index < -0.39 is 0 Å². The third kappa shape index (κ3) is 2.90. The SMILES string of the molecule is Cc1cccc2c1c(-c1cccc(C(=O)N[C@H]3CN4CCC3CC4)c1)nn2C. The smallest absolute Gasteiger partial charge is 0.251 e. The molecule has 1 atom stereocenters. The summed E-state index contributed by atoms with van der Waals surface area (Å²) in [5, 5.41) is 9.19. The summed E-state index contributed by atoms with van der Waals surface area (Å²) < 4.78 is 1.91. The van der Waals surface area contributed by atoms with Gasteiger partial charge in [0.25, 0.3) is 5.91 Å². The van der Waals surface area contributed by atoms with Gasteiger partial charge in [-0.25, -0.2) is 0 Å². The van der Waals surface area contributed by atoms with E-state index >= 15 is 0 Å². The molecule has 3 aromatic rings. The minimum Gasteiger partial charge on any atom is -0.348 e. The lowest BCUT2D eigenvalue weighted by Crippen LogP contribution is -2.57. The monoisotopic (exact) mass is 374 g/mol. The summed E-state index contributed by atoms with van der Waals surface area (Å²) in [4.78, 5) is 15.4. The van der Waals surface area contributed by atoms with Crippen molar-refractivity contribution in [2.75, 3.05) is 19.6 Å². The molecule has 2 bridgehead atoms. The highest BCUT2D eigenvalue weighted by Gasteiger charge is 2.35. The quantitative estimate of drug-likeness (QED) is 0.765. The Kier molecular flexibility index (Phi) is 4.20. The molecule has 144 valence electrons. The molecule has 1 amide bonds. The van der Waals surface area contributed by atoms with E-state index in [-0.39, 0.29) is 11.9 Å². The molecule has 5 nitrogen and oxygen atoms in total.